The van der Waals surface area contributed by atoms with Crippen LogP contribution < -0.4 is 0 Å². The number of ether oxygens (including phenoxy) is 1. The summed E-state index contributed by atoms with van der Waals surface area (Å²) in [4.78, 5) is 2.79. The third-order valence-electron chi connectivity index (χ3n) is 3.89. The molecule has 18 heavy (non-hydrogen) atoms. The van der Waals surface area contributed by atoms with Crippen LogP contribution in [0.5, 0.6) is 0 Å². The molecule has 1 heterocycles. The summed E-state index contributed by atoms with van der Waals surface area (Å²) in [6.45, 7) is 8.09. The van der Waals surface area contributed by atoms with E-state index < -0.39 is 8.32 Å². The van der Waals surface area contributed by atoms with Gasteiger partial charge in [-0.25, -0.2) is 0 Å². The quantitative estimate of drug-likeness (QED) is 0.177. The van der Waals surface area contributed by atoms with E-state index in [0.29, 0.717) is 6.54 Å². The molecule has 2 rings (SSSR count). The fourth-order valence-corrected chi connectivity index (χ4v) is 4.50. The van der Waals surface area contributed by atoms with Crippen LogP contribution >= 0.6 is 0 Å². The maximum absolute atomic E-state index is 8.29. The molecule has 0 radical (unpaired) electrons. The van der Waals surface area contributed by atoms with Crippen LogP contribution in [0.4, 0.5) is 0 Å². The lowest BCUT2D eigenvalue weighted by Gasteiger charge is -2.50. The Morgan fingerprint density at radius 1 is 1.39 bits per heavy atom. The predicted octanol–water partition coefficient (Wildman–Crippen LogP) is 3.62. The number of hydrogen-bond acceptors (Lipinski definition) is 3. The maximum Gasteiger partial charge on any atom is 0.184 e. The van der Waals surface area contributed by atoms with Gasteiger partial charge in [-0.05, 0) is 57.3 Å². The van der Waals surface area contributed by atoms with Gasteiger partial charge in [0.1, 0.15) is 5.60 Å². The average Bonchev–Trinajstić information content (AvgIpc) is 2.99. The smallest absolute Gasteiger partial charge is 0.184 e. The number of nitrogens with zero attached hydrogens (tertiary/aromatic N) is 3. The van der Waals surface area contributed by atoms with Gasteiger partial charge in [-0.3, -0.25) is 0 Å². The van der Waals surface area contributed by atoms with Crippen LogP contribution in [0.15, 0.2) is 5.11 Å². The summed E-state index contributed by atoms with van der Waals surface area (Å²) in [7, 11) is -1.55. The Bertz CT molecular complexity index is 353. The molecule has 0 spiro atoms. The third kappa shape index (κ3) is 2.72. The topological polar surface area (TPSA) is 70.5 Å². The minimum Gasteiger partial charge on any atom is -0.409 e. The van der Waals surface area contributed by atoms with E-state index in [9.17, 15) is 0 Å². The Morgan fingerprint density at radius 2 is 2.06 bits per heavy atom. The van der Waals surface area contributed by atoms with Crippen molar-refractivity contribution in [2.75, 3.05) is 13.2 Å². The minimum absolute atomic E-state index is 0.0339. The van der Waals surface area contributed by atoms with Gasteiger partial charge in [0, 0.05) is 11.5 Å². The van der Waals surface area contributed by atoms with Crippen LogP contribution in [0.1, 0.15) is 32.1 Å². The van der Waals surface area contributed by atoms with Crippen LogP contribution in [0.3, 0.4) is 0 Å². The molecule has 1 unspecified atom stereocenters. The SMILES string of the molecule is C[Si](C)(C)OC1(C2(CCCN=[N+]=[N-])CO2)CCC1. The highest BCUT2D eigenvalue weighted by atomic mass is 28.4. The molecule has 1 saturated carbocycles. The second-order valence-electron chi connectivity index (χ2n) is 6.40. The van der Waals surface area contributed by atoms with Crippen LogP contribution in [0.2, 0.25) is 19.6 Å². The van der Waals surface area contributed by atoms with E-state index in [1.54, 1.807) is 0 Å². The lowest BCUT2D eigenvalue weighted by atomic mass is 9.69. The molecule has 0 aromatic rings. The van der Waals surface area contributed by atoms with E-state index in [4.69, 9.17) is 14.7 Å². The molecule has 0 amide bonds. The van der Waals surface area contributed by atoms with Crippen molar-refractivity contribution in [3.8, 4) is 0 Å². The monoisotopic (exact) mass is 269 g/mol. The van der Waals surface area contributed by atoms with E-state index in [0.717, 1.165) is 32.3 Å². The average molecular weight is 269 g/mol. The van der Waals surface area contributed by atoms with Gasteiger partial charge in [0.15, 0.2) is 8.32 Å². The zero-order valence-corrected chi connectivity index (χ0v) is 12.6. The van der Waals surface area contributed by atoms with Crippen LogP contribution in [-0.2, 0) is 9.16 Å². The van der Waals surface area contributed by atoms with Gasteiger partial charge in [0.05, 0.1) is 12.2 Å². The largest absolute Gasteiger partial charge is 0.409 e. The normalized spacial score (nSPS) is 29.3. The highest BCUT2D eigenvalue weighted by Crippen LogP contribution is 2.55. The summed E-state index contributed by atoms with van der Waals surface area (Å²) in [5, 5.41) is 3.60. The van der Waals surface area contributed by atoms with E-state index in [1.165, 1.54) is 6.42 Å². The van der Waals surface area contributed by atoms with Crippen LogP contribution in [-0.4, -0.2) is 32.7 Å². The van der Waals surface area contributed by atoms with Crippen molar-refractivity contribution in [2.45, 2.75) is 62.9 Å². The molecule has 0 N–H and O–H groups in total. The summed E-state index contributed by atoms with van der Waals surface area (Å²) in [6, 6.07) is 0. The summed E-state index contributed by atoms with van der Waals surface area (Å²) in [5.41, 5.74) is 8.18. The lowest BCUT2D eigenvalue weighted by molar-refractivity contribution is -0.0845. The Labute approximate surface area is 110 Å². The van der Waals surface area contributed by atoms with E-state index in [1.807, 2.05) is 0 Å². The molecule has 1 atom stereocenters. The number of rotatable bonds is 7. The van der Waals surface area contributed by atoms with Gasteiger partial charge >= 0.3 is 0 Å². The first-order valence-corrected chi connectivity index (χ1v) is 10.2. The van der Waals surface area contributed by atoms with Crippen molar-refractivity contribution in [1.29, 1.82) is 0 Å². The Hall–Kier alpha value is -0.553. The van der Waals surface area contributed by atoms with E-state index in [-0.39, 0.29) is 11.2 Å². The van der Waals surface area contributed by atoms with Gasteiger partial charge in [0.25, 0.3) is 0 Å². The first-order valence-electron chi connectivity index (χ1n) is 6.78. The summed E-state index contributed by atoms with van der Waals surface area (Å²) in [6.07, 6.45) is 5.33. The fraction of sp³-hybridized carbons (Fsp3) is 1.00. The van der Waals surface area contributed by atoms with E-state index >= 15 is 0 Å². The third-order valence-corrected chi connectivity index (χ3v) is 4.89. The molecular formula is C12H23N3O2Si. The Morgan fingerprint density at radius 3 is 2.44 bits per heavy atom. The summed E-state index contributed by atoms with van der Waals surface area (Å²) in [5.74, 6) is 0. The highest BCUT2D eigenvalue weighted by molar-refractivity contribution is 6.69. The van der Waals surface area contributed by atoms with Gasteiger partial charge in [0.2, 0.25) is 0 Å². The minimum atomic E-state index is -1.55. The molecular weight excluding hydrogens is 246 g/mol. The van der Waals surface area contributed by atoms with Gasteiger partial charge < -0.3 is 9.16 Å². The molecule has 0 bridgehead atoms. The second-order valence-corrected chi connectivity index (χ2v) is 10.8. The van der Waals surface area contributed by atoms with Crippen LogP contribution in [0.25, 0.3) is 10.4 Å². The maximum atomic E-state index is 8.29. The van der Waals surface area contributed by atoms with Crippen LogP contribution in [0, 0.1) is 0 Å². The summed E-state index contributed by atoms with van der Waals surface area (Å²) >= 11 is 0. The molecule has 0 aromatic carbocycles. The Kier molecular flexibility index (Phi) is 3.74. The number of epoxide rings is 1. The van der Waals surface area contributed by atoms with Gasteiger partial charge in [-0.2, -0.15) is 0 Å². The molecule has 6 heteroatoms. The van der Waals surface area contributed by atoms with Crippen molar-refractivity contribution >= 4 is 8.32 Å². The first-order chi connectivity index (χ1) is 8.43. The molecule has 1 saturated heterocycles. The molecule has 5 nitrogen and oxygen atoms in total. The zero-order valence-electron chi connectivity index (χ0n) is 11.6. The van der Waals surface area contributed by atoms with Crippen molar-refractivity contribution in [3.63, 3.8) is 0 Å². The van der Waals surface area contributed by atoms with Crippen molar-refractivity contribution in [1.82, 2.24) is 0 Å². The standard InChI is InChI=1S/C12H23N3O2Si/c1-18(2,3)17-11(6-4-7-11)12(10-16-12)8-5-9-14-15-13/h4-10H2,1-3H3. The number of azide groups is 1. The van der Waals surface area contributed by atoms with Crippen molar-refractivity contribution in [2.24, 2.45) is 5.11 Å². The second kappa shape index (κ2) is 4.85. The zero-order chi connectivity index (χ0) is 13.3. The fourth-order valence-electron chi connectivity index (χ4n) is 2.94. The molecule has 1 aliphatic heterocycles. The Balaban J connectivity index is 1.96. The van der Waals surface area contributed by atoms with Gasteiger partial charge in [-0.15, -0.1) is 0 Å². The van der Waals surface area contributed by atoms with Crippen molar-refractivity contribution in [3.05, 3.63) is 10.4 Å². The molecule has 2 fully saturated rings. The van der Waals surface area contributed by atoms with Gasteiger partial charge in [-0.1, -0.05) is 5.11 Å². The predicted molar refractivity (Wildman–Crippen MR) is 72.9 cm³/mol. The van der Waals surface area contributed by atoms with E-state index in [2.05, 4.69) is 29.7 Å². The van der Waals surface area contributed by atoms with Crippen molar-refractivity contribution < 1.29 is 9.16 Å². The number of hydrogen-bond donors (Lipinski definition) is 0. The molecule has 0 aromatic heterocycles. The summed E-state index contributed by atoms with van der Waals surface area (Å²) < 4.78 is 12.2. The molecule has 2 aliphatic rings. The molecule has 102 valence electrons. The lowest BCUT2D eigenvalue weighted by Crippen LogP contribution is -2.57. The highest BCUT2D eigenvalue weighted by Gasteiger charge is 2.64. The molecule has 1 aliphatic carbocycles. The first kappa shape index (κ1) is 13.9.